The Labute approximate surface area is 105 Å². The Balaban J connectivity index is 4.61. The van der Waals surface area contributed by atoms with Crippen LogP contribution < -0.4 is 0 Å². The summed E-state index contributed by atoms with van der Waals surface area (Å²) in [5.41, 5.74) is 0. The predicted molar refractivity (Wildman–Crippen MR) is 57.6 cm³/mol. The van der Waals surface area contributed by atoms with Crippen molar-refractivity contribution >= 4 is 14.8 Å². The first-order chi connectivity index (χ1) is 8.31. The molecule has 0 saturated heterocycles. The van der Waals surface area contributed by atoms with Crippen molar-refractivity contribution in [2.45, 2.75) is 26.9 Å². The van der Waals surface area contributed by atoms with E-state index in [1.165, 1.54) is 0 Å². The summed E-state index contributed by atoms with van der Waals surface area (Å²) in [6.45, 7) is 5.50. The zero-order valence-electron chi connectivity index (χ0n) is 10.5. The van der Waals surface area contributed by atoms with Gasteiger partial charge in [0.05, 0.1) is 0 Å². The van der Waals surface area contributed by atoms with Crippen LogP contribution in [-0.2, 0) is 22.8 Å². The van der Waals surface area contributed by atoms with Gasteiger partial charge in [0.25, 0.3) is 0 Å². The van der Waals surface area contributed by atoms with Crippen LogP contribution in [0.15, 0.2) is 0 Å². The molecule has 0 atom stereocenters. The second kappa shape index (κ2) is 7.72. The van der Waals surface area contributed by atoms with Gasteiger partial charge in [0, 0.05) is 19.8 Å². The Morgan fingerprint density at radius 1 is 1.00 bits per heavy atom. The lowest BCUT2D eigenvalue weighted by Gasteiger charge is -2.27. The topological polar surface area (TPSA) is 54.0 Å². The molecule has 18 heavy (non-hydrogen) atoms. The average Bonchev–Trinajstić information content (AvgIpc) is 2.25. The number of hydrogen-bond acceptors (Lipinski definition) is 5. The van der Waals surface area contributed by atoms with E-state index in [-0.39, 0.29) is 19.8 Å². The van der Waals surface area contributed by atoms with Gasteiger partial charge in [-0.2, -0.15) is 13.2 Å². The van der Waals surface area contributed by atoms with Crippen LogP contribution in [0.2, 0.25) is 0 Å². The molecule has 0 aliphatic heterocycles. The van der Waals surface area contributed by atoms with Crippen LogP contribution in [-0.4, -0.2) is 47.0 Å². The summed E-state index contributed by atoms with van der Waals surface area (Å²) < 4.78 is 55.8. The maximum atomic E-state index is 12.0. The highest BCUT2D eigenvalue weighted by molar-refractivity contribution is 6.60. The molecule has 0 saturated carbocycles. The van der Waals surface area contributed by atoms with Crippen LogP contribution in [0.3, 0.4) is 0 Å². The maximum Gasteiger partial charge on any atom is 0.540 e. The monoisotopic (exact) mass is 290 g/mol. The third-order valence-corrected chi connectivity index (χ3v) is 4.39. The molecule has 0 heterocycles. The molecule has 0 aliphatic carbocycles. The van der Waals surface area contributed by atoms with E-state index in [9.17, 15) is 18.0 Å². The summed E-state index contributed by atoms with van der Waals surface area (Å²) in [7, 11) is -3.38. The van der Waals surface area contributed by atoms with Crippen LogP contribution >= 0.6 is 0 Å². The van der Waals surface area contributed by atoms with Gasteiger partial charge < -0.3 is 18.0 Å². The first-order valence-corrected chi connectivity index (χ1v) is 7.40. The molecule has 0 unspecified atom stereocenters. The van der Waals surface area contributed by atoms with Gasteiger partial charge in [0.15, 0.2) is 6.23 Å². The van der Waals surface area contributed by atoms with Crippen molar-refractivity contribution < 1.29 is 36.0 Å². The van der Waals surface area contributed by atoms with Crippen molar-refractivity contribution in [1.82, 2.24) is 0 Å². The van der Waals surface area contributed by atoms with Crippen LogP contribution in [0, 0.1) is 0 Å². The minimum atomic E-state index is -5.04. The standard InChI is InChI=1S/C9H17F3O5Si/c1-4-15-18(16-5-2,17-6-3)7-14-8(13)9(10,11)12/h4-7H2,1-3H3. The largest absolute Gasteiger partial charge is 0.540 e. The van der Waals surface area contributed by atoms with Gasteiger partial charge in [0.1, 0.15) is 0 Å². The van der Waals surface area contributed by atoms with E-state index >= 15 is 0 Å². The number of rotatable bonds is 8. The van der Waals surface area contributed by atoms with Crippen LogP contribution in [0.1, 0.15) is 20.8 Å². The smallest absolute Gasteiger partial charge is 0.454 e. The highest BCUT2D eigenvalue weighted by Gasteiger charge is 2.47. The fourth-order valence-corrected chi connectivity index (χ4v) is 3.27. The van der Waals surface area contributed by atoms with Gasteiger partial charge in [0.2, 0.25) is 0 Å². The van der Waals surface area contributed by atoms with Gasteiger partial charge in [-0.15, -0.1) is 0 Å². The van der Waals surface area contributed by atoms with Gasteiger partial charge in [-0.05, 0) is 20.8 Å². The molecule has 0 radical (unpaired) electrons. The molecule has 0 aliphatic rings. The number of hydrogen-bond donors (Lipinski definition) is 0. The van der Waals surface area contributed by atoms with E-state index in [0.29, 0.717) is 0 Å². The minimum Gasteiger partial charge on any atom is -0.454 e. The van der Waals surface area contributed by atoms with Crippen LogP contribution in [0.25, 0.3) is 0 Å². The maximum absolute atomic E-state index is 12.0. The van der Waals surface area contributed by atoms with Crippen molar-refractivity contribution in [3.8, 4) is 0 Å². The second-order valence-corrected chi connectivity index (χ2v) is 5.58. The number of carbonyl (C=O) groups is 1. The molecule has 0 N–H and O–H groups in total. The van der Waals surface area contributed by atoms with Gasteiger partial charge in [-0.25, -0.2) is 4.79 Å². The molecule has 0 bridgehead atoms. The Morgan fingerprint density at radius 2 is 1.39 bits per heavy atom. The molecule has 0 rings (SSSR count). The Bertz CT molecular complexity index is 242. The van der Waals surface area contributed by atoms with Crippen molar-refractivity contribution in [3.05, 3.63) is 0 Å². The summed E-state index contributed by atoms with van der Waals surface area (Å²) in [5, 5.41) is 0. The first kappa shape index (κ1) is 17.4. The fourth-order valence-electron chi connectivity index (χ4n) is 1.15. The lowest BCUT2D eigenvalue weighted by atomic mass is 10.7. The SMILES string of the molecule is CCO[Si](COC(=O)C(F)(F)F)(OCC)OCC. The Kier molecular flexibility index (Phi) is 7.44. The van der Waals surface area contributed by atoms with Crippen molar-refractivity contribution in [3.63, 3.8) is 0 Å². The summed E-state index contributed by atoms with van der Waals surface area (Å²) >= 11 is 0. The van der Waals surface area contributed by atoms with E-state index in [2.05, 4.69) is 4.74 Å². The molecule has 0 aromatic rings. The zero-order chi connectivity index (χ0) is 14.2. The predicted octanol–water partition coefficient (Wildman–Crippen LogP) is 1.68. The third-order valence-electron chi connectivity index (χ3n) is 1.70. The van der Waals surface area contributed by atoms with Crippen LogP contribution in [0.4, 0.5) is 13.2 Å². The van der Waals surface area contributed by atoms with Crippen molar-refractivity contribution in [2.75, 3.05) is 26.1 Å². The Hall–Kier alpha value is -0.643. The quantitative estimate of drug-likeness (QED) is 0.503. The number of esters is 1. The number of ether oxygens (including phenoxy) is 1. The molecule has 0 amide bonds. The molecule has 9 heteroatoms. The lowest BCUT2D eigenvalue weighted by molar-refractivity contribution is -0.199. The van der Waals surface area contributed by atoms with Gasteiger partial charge in [-0.1, -0.05) is 0 Å². The lowest BCUT2D eigenvalue weighted by Crippen LogP contribution is -2.52. The van der Waals surface area contributed by atoms with E-state index in [1.807, 2.05) is 0 Å². The molecular formula is C9H17F3O5Si. The van der Waals surface area contributed by atoms with E-state index in [4.69, 9.17) is 13.3 Å². The summed E-state index contributed by atoms with van der Waals surface area (Å²) in [6.07, 6.45) is -5.69. The third kappa shape index (κ3) is 5.80. The van der Waals surface area contributed by atoms with E-state index in [0.717, 1.165) is 0 Å². The number of alkyl halides is 3. The molecular weight excluding hydrogens is 273 g/mol. The molecule has 0 spiro atoms. The van der Waals surface area contributed by atoms with Gasteiger partial charge >= 0.3 is 21.0 Å². The zero-order valence-corrected chi connectivity index (χ0v) is 11.5. The number of carbonyl (C=O) groups excluding carboxylic acids is 1. The fraction of sp³-hybridized carbons (Fsp3) is 0.889. The van der Waals surface area contributed by atoms with Crippen molar-refractivity contribution in [2.24, 2.45) is 0 Å². The van der Waals surface area contributed by atoms with Crippen molar-refractivity contribution in [1.29, 1.82) is 0 Å². The second-order valence-electron chi connectivity index (χ2n) is 3.06. The molecule has 0 aromatic carbocycles. The molecule has 0 aromatic heterocycles. The van der Waals surface area contributed by atoms with E-state index in [1.54, 1.807) is 20.8 Å². The van der Waals surface area contributed by atoms with Gasteiger partial charge in [-0.3, -0.25) is 0 Å². The molecule has 5 nitrogen and oxygen atoms in total. The minimum absolute atomic E-state index is 0.190. The van der Waals surface area contributed by atoms with Crippen LogP contribution in [0.5, 0.6) is 0 Å². The highest BCUT2D eigenvalue weighted by atomic mass is 28.4. The molecule has 0 fully saturated rings. The first-order valence-electron chi connectivity index (χ1n) is 5.47. The normalized spacial score (nSPS) is 12.6. The Morgan fingerprint density at radius 3 is 1.67 bits per heavy atom. The average molecular weight is 290 g/mol. The number of halogens is 3. The molecule has 108 valence electrons. The summed E-state index contributed by atoms with van der Waals surface area (Å²) in [4.78, 5) is 10.6. The summed E-state index contributed by atoms with van der Waals surface area (Å²) in [6, 6.07) is 0. The highest BCUT2D eigenvalue weighted by Crippen LogP contribution is 2.18. The summed E-state index contributed by atoms with van der Waals surface area (Å²) in [5.74, 6) is -2.28. The van der Waals surface area contributed by atoms with E-state index < -0.39 is 27.2 Å².